The Kier molecular flexibility index (Phi) is 5.90. The molecule has 0 bridgehead atoms. The maximum absolute atomic E-state index is 13.0. The molecule has 1 aromatic heterocycles. The van der Waals surface area contributed by atoms with E-state index < -0.39 is 15.9 Å². The molecule has 146 valence electrons. The average molecular weight is 438 g/mol. The summed E-state index contributed by atoms with van der Waals surface area (Å²) in [7, 11) is -2.57. The molecule has 0 aliphatic heterocycles. The van der Waals surface area contributed by atoms with Crippen LogP contribution in [0.25, 0.3) is 10.9 Å². The predicted octanol–water partition coefficient (Wildman–Crippen LogP) is 4.11. The number of amides is 1. The number of anilines is 1. The van der Waals surface area contributed by atoms with Gasteiger partial charge in [-0.25, -0.2) is 8.42 Å². The first kappa shape index (κ1) is 20.5. The number of fused-ring (bicyclic) bond motifs is 1. The third-order valence-electron chi connectivity index (χ3n) is 4.07. The van der Waals surface area contributed by atoms with Crippen LogP contribution in [0.2, 0.25) is 10.0 Å². The minimum Gasteiger partial charge on any atom is -0.325 e. The zero-order valence-electron chi connectivity index (χ0n) is 15.1. The van der Waals surface area contributed by atoms with Gasteiger partial charge in [0.05, 0.1) is 22.1 Å². The molecular formula is C19H17Cl2N3O3S. The summed E-state index contributed by atoms with van der Waals surface area (Å²) in [6.07, 6.45) is 1.61. The largest absolute Gasteiger partial charge is 0.325 e. The summed E-state index contributed by atoms with van der Waals surface area (Å²) in [5.41, 5.74) is 1.72. The highest BCUT2D eigenvalue weighted by molar-refractivity contribution is 7.89. The predicted molar refractivity (Wildman–Crippen MR) is 111 cm³/mol. The fourth-order valence-electron chi connectivity index (χ4n) is 2.68. The second-order valence-electron chi connectivity index (χ2n) is 6.28. The lowest BCUT2D eigenvalue weighted by Crippen LogP contribution is -2.35. The van der Waals surface area contributed by atoms with E-state index in [0.717, 1.165) is 15.3 Å². The van der Waals surface area contributed by atoms with Crippen LogP contribution in [0.1, 0.15) is 5.56 Å². The number of benzene rings is 2. The monoisotopic (exact) mass is 437 g/mol. The molecule has 1 heterocycles. The molecule has 0 saturated heterocycles. The number of carbonyl (C=O) groups excluding carboxylic acids is 1. The normalized spacial score (nSPS) is 11.8. The van der Waals surface area contributed by atoms with E-state index in [1.54, 1.807) is 30.5 Å². The molecule has 0 aliphatic rings. The highest BCUT2D eigenvalue weighted by Gasteiger charge is 2.25. The summed E-state index contributed by atoms with van der Waals surface area (Å²) in [6.45, 7) is 1.51. The summed E-state index contributed by atoms with van der Waals surface area (Å²) in [6, 6.07) is 11.4. The number of aryl methyl sites for hydroxylation is 1. The van der Waals surface area contributed by atoms with Crippen molar-refractivity contribution >= 4 is 55.7 Å². The second kappa shape index (κ2) is 8.05. The number of nitrogens with zero attached hydrogens (tertiary/aromatic N) is 2. The highest BCUT2D eigenvalue weighted by atomic mass is 35.5. The topological polar surface area (TPSA) is 79.4 Å². The van der Waals surface area contributed by atoms with Crippen molar-refractivity contribution in [1.29, 1.82) is 0 Å². The summed E-state index contributed by atoms with van der Waals surface area (Å²) in [4.78, 5) is 16.6. The van der Waals surface area contributed by atoms with Crippen LogP contribution in [0.3, 0.4) is 0 Å². The molecule has 1 N–H and O–H groups in total. The minimum atomic E-state index is -3.92. The van der Waals surface area contributed by atoms with E-state index in [2.05, 4.69) is 10.3 Å². The number of para-hydroxylation sites is 1. The molecule has 3 aromatic rings. The molecular weight excluding hydrogens is 421 g/mol. The first-order valence-corrected chi connectivity index (χ1v) is 10.4. The number of sulfonamides is 1. The molecule has 6 nitrogen and oxygen atoms in total. The average Bonchev–Trinajstić information content (AvgIpc) is 2.63. The quantitative estimate of drug-likeness (QED) is 0.650. The highest BCUT2D eigenvalue weighted by Crippen LogP contribution is 2.26. The van der Waals surface area contributed by atoms with Gasteiger partial charge in [0.15, 0.2) is 0 Å². The Balaban J connectivity index is 1.82. The number of carbonyl (C=O) groups is 1. The molecule has 2 aromatic carbocycles. The number of likely N-dealkylation sites (N-methyl/N-ethyl adjacent to an activating group) is 1. The maximum Gasteiger partial charge on any atom is 0.245 e. The Bertz CT molecular complexity index is 1170. The van der Waals surface area contributed by atoms with Crippen molar-refractivity contribution in [2.24, 2.45) is 0 Å². The van der Waals surface area contributed by atoms with Crippen molar-refractivity contribution in [2.75, 3.05) is 18.9 Å². The number of hydrogen-bond donors (Lipinski definition) is 1. The van der Waals surface area contributed by atoms with Gasteiger partial charge >= 0.3 is 0 Å². The standard InChI is InChI=1S/C19H17Cl2N3O3S/c1-12-8-13-4-3-5-17(19(13)22-10-12)28(26,27)24(2)11-18(25)23-14-6-7-15(20)16(21)9-14/h3-10H,11H2,1-2H3,(H,23,25). The molecule has 3 rings (SSSR count). The van der Waals surface area contributed by atoms with Gasteiger partial charge in [-0.1, -0.05) is 35.3 Å². The molecule has 0 unspecified atom stereocenters. The van der Waals surface area contributed by atoms with E-state index in [1.807, 2.05) is 13.0 Å². The third kappa shape index (κ3) is 4.28. The Labute approximate surface area is 173 Å². The molecule has 0 saturated carbocycles. The number of nitrogens with one attached hydrogen (secondary N) is 1. The van der Waals surface area contributed by atoms with E-state index in [-0.39, 0.29) is 16.5 Å². The van der Waals surface area contributed by atoms with Gasteiger partial charge in [-0.15, -0.1) is 0 Å². The summed E-state index contributed by atoms with van der Waals surface area (Å²) < 4.78 is 27.0. The van der Waals surface area contributed by atoms with Gasteiger partial charge < -0.3 is 5.32 Å². The van der Waals surface area contributed by atoms with Crippen LogP contribution >= 0.6 is 23.2 Å². The van der Waals surface area contributed by atoms with Crippen LogP contribution in [0.15, 0.2) is 53.6 Å². The van der Waals surface area contributed by atoms with Crippen molar-refractivity contribution in [3.05, 3.63) is 64.3 Å². The van der Waals surface area contributed by atoms with Gasteiger partial charge in [0.25, 0.3) is 0 Å². The van der Waals surface area contributed by atoms with E-state index in [0.29, 0.717) is 16.2 Å². The number of aromatic nitrogens is 1. The summed E-state index contributed by atoms with van der Waals surface area (Å²) in [5.74, 6) is -0.506. The zero-order chi connectivity index (χ0) is 20.5. The molecule has 0 aliphatic carbocycles. The summed E-state index contributed by atoms with van der Waals surface area (Å²) >= 11 is 11.8. The molecule has 0 spiro atoms. The van der Waals surface area contributed by atoms with Crippen molar-refractivity contribution in [3.8, 4) is 0 Å². The summed E-state index contributed by atoms with van der Waals surface area (Å²) in [5, 5.41) is 3.97. The van der Waals surface area contributed by atoms with Crippen molar-refractivity contribution in [2.45, 2.75) is 11.8 Å². The van der Waals surface area contributed by atoms with E-state index >= 15 is 0 Å². The van der Waals surface area contributed by atoms with Gasteiger partial charge in [0.2, 0.25) is 15.9 Å². The zero-order valence-corrected chi connectivity index (χ0v) is 17.4. The Morgan fingerprint density at radius 2 is 1.89 bits per heavy atom. The molecule has 0 atom stereocenters. The number of hydrogen-bond acceptors (Lipinski definition) is 4. The van der Waals surface area contributed by atoms with Gasteiger partial charge in [0.1, 0.15) is 4.90 Å². The van der Waals surface area contributed by atoms with Crippen LogP contribution in [0.4, 0.5) is 5.69 Å². The van der Waals surface area contributed by atoms with E-state index in [1.165, 1.54) is 19.2 Å². The first-order chi connectivity index (χ1) is 13.2. The Hall–Kier alpha value is -2.19. The van der Waals surface area contributed by atoms with Gasteiger partial charge in [-0.05, 0) is 42.8 Å². The van der Waals surface area contributed by atoms with Gasteiger partial charge in [0, 0.05) is 24.3 Å². The second-order valence-corrected chi connectivity index (χ2v) is 9.11. The molecule has 1 amide bonds. The smallest absolute Gasteiger partial charge is 0.245 e. The molecule has 0 radical (unpaired) electrons. The maximum atomic E-state index is 13.0. The fourth-order valence-corrected chi connectivity index (χ4v) is 4.27. The Morgan fingerprint density at radius 3 is 2.61 bits per heavy atom. The van der Waals surface area contributed by atoms with E-state index in [9.17, 15) is 13.2 Å². The molecule has 9 heteroatoms. The van der Waals surface area contributed by atoms with Crippen LogP contribution < -0.4 is 5.32 Å². The van der Waals surface area contributed by atoms with Crippen molar-refractivity contribution < 1.29 is 13.2 Å². The SMILES string of the molecule is Cc1cnc2c(S(=O)(=O)N(C)CC(=O)Nc3ccc(Cl)c(Cl)c3)cccc2c1. The molecule has 0 fully saturated rings. The number of halogens is 2. The van der Waals surface area contributed by atoms with Crippen molar-refractivity contribution in [3.63, 3.8) is 0 Å². The molecule has 28 heavy (non-hydrogen) atoms. The Morgan fingerprint density at radius 1 is 1.14 bits per heavy atom. The van der Waals surface area contributed by atoms with Crippen molar-refractivity contribution in [1.82, 2.24) is 9.29 Å². The van der Waals surface area contributed by atoms with Crippen LogP contribution in [-0.2, 0) is 14.8 Å². The number of rotatable bonds is 5. The lowest BCUT2D eigenvalue weighted by atomic mass is 10.2. The lowest BCUT2D eigenvalue weighted by molar-refractivity contribution is -0.116. The van der Waals surface area contributed by atoms with Gasteiger partial charge in [-0.3, -0.25) is 9.78 Å². The fraction of sp³-hybridized carbons (Fsp3) is 0.158. The van der Waals surface area contributed by atoms with Crippen LogP contribution in [-0.4, -0.2) is 37.2 Å². The van der Waals surface area contributed by atoms with Crippen LogP contribution in [0, 0.1) is 6.92 Å². The van der Waals surface area contributed by atoms with E-state index in [4.69, 9.17) is 23.2 Å². The van der Waals surface area contributed by atoms with Gasteiger partial charge in [-0.2, -0.15) is 4.31 Å². The third-order valence-corrected chi connectivity index (χ3v) is 6.64. The van der Waals surface area contributed by atoms with Crippen LogP contribution in [0.5, 0.6) is 0 Å². The lowest BCUT2D eigenvalue weighted by Gasteiger charge is -2.18. The first-order valence-electron chi connectivity index (χ1n) is 8.25. The number of pyridine rings is 1. The minimum absolute atomic E-state index is 0.0508.